The maximum Gasteiger partial charge on any atom is 0.0679 e. The Kier molecular flexibility index (Phi) is 5.72. The third-order valence-corrected chi connectivity index (χ3v) is 5.29. The van der Waals surface area contributed by atoms with Crippen LogP contribution in [0, 0.1) is 17.3 Å². The molecule has 0 saturated heterocycles. The molecule has 3 heteroatoms. The number of aliphatic hydroxyl groups is 1. The van der Waals surface area contributed by atoms with Crippen LogP contribution in [0.5, 0.6) is 0 Å². The number of nitrogens with one attached hydrogen (secondary N) is 1. The summed E-state index contributed by atoms with van der Waals surface area (Å²) in [5, 5.41) is 13.5. The Bertz CT molecular complexity index is 327. The number of rotatable bonds is 8. The van der Waals surface area contributed by atoms with E-state index in [9.17, 15) is 5.11 Å². The zero-order chi connectivity index (χ0) is 15.5. The van der Waals surface area contributed by atoms with Gasteiger partial charge in [-0.05, 0) is 62.3 Å². The van der Waals surface area contributed by atoms with Gasteiger partial charge >= 0.3 is 0 Å². The van der Waals surface area contributed by atoms with E-state index in [2.05, 4.69) is 33.0 Å². The summed E-state index contributed by atoms with van der Waals surface area (Å²) in [5.74, 6) is 1.34. The van der Waals surface area contributed by atoms with Crippen molar-refractivity contribution in [2.45, 2.75) is 77.9 Å². The lowest BCUT2D eigenvalue weighted by molar-refractivity contribution is -0.0609. The molecule has 0 aromatic carbocycles. The van der Waals surface area contributed by atoms with Crippen molar-refractivity contribution in [3.8, 4) is 0 Å². The van der Waals surface area contributed by atoms with Crippen LogP contribution >= 0.6 is 0 Å². The third kappa shape index (κ3) is 4.67. The molecule has 2 rings (SSSR count). The van der Waals surface area contributed by atoms with Gasteiger partial charge in [0, 0.05) is 0 Å². The average molecular weight is 297 g/mol. The van der Waals surface area contributed by atoms with E-state index in [4.69, 9.17) is 4.74 Å². The smallest absolute Gasteiger partial charge is 0.0679 e. The molecule has 3 nitrogen and oxygen atoms in total. The molecule has 0 spiro atoms. The fraction of sp³-hybridized carbons (Fsp3) is 1.00. The molecule has 21 heavy (non-hydrogen) atoms. The first-order valence-corrected chi connectivity index (χ1v) is 8.88. The highest BCUT2D eigenvalue weighted by Crippen LogP contribution is 2.42. The summed E-state index contributed by atoms with van der Waals surface area (Å²) in [7, 11) is 0. The van der Waals surface area contributed by atoms with Gasteiger partial charge in [0.15, 0.2) is 0 Å². The SMILES string of the molecule is CCCNC(CO)(COC1CC(C)CC(C)(C)C1)C1CC1. The van der Waals surface area contributed by atoms with Crippen LogP contribution in [-0.2, 0) is 4.74 Å². The Morgan fingerprint density at radius 2 is 2.00 bits per heavy atom. The Labute approximate surface area is 130 Å². The molecule has 0 aromatic heterocycles. The van der Waals surface area contributed by atoms with Crippen molar-refractivity contribution in [3.63, 3.8) is 0 Å². The zero-order valence-electron chi connectivity index (χ0n) is 14.5. The van der Waals surface area contributed by atoms with Crippen molar-refractivity contribution < 1.29 is 9.84 Å². The van der Waals surface area contributed by atoms with E-state index in [1.165, 1.54) is 25.7 Å². The van der Waals surface area contributed by atoms with Crippen molar-refractivity contribution in [2.24, 2.45) is 17.3 Å². The van der Waals surface area contributed by atoms with Crippen LogP contribution in [0.4, 0.5) is 0 Å². The van der Waals surface area contributed by atoms with Crippen molar-refractivity contribution in [2.75, 3.05) is 19.8 Å². The second kappa shape index (κ2) is 6.97. The standard InChI is InChI=1S/C18H35NO2/c1-5-8-19-18(12-20,15-6-7-15)13-21-16-9-14(2)10-17(3,4)11-16/h14-16,19-20H,5-13H2,1-4H3. The minimum atomic E-state index is -0.194. The Morgan fingerprint density at radius 3 is 2.52 bits per heavy atom. The second-order valence-corrected chi connectivity index (χ2v) is 8.36. The van der Waals surface area contributed by atoms with Crippen molar-refractivity contribution in [3.05, 3.63) is 0 Å². The van der Waals surface area contributed by atoms with Crippen LogP contribution in [0.15, 0.2) is 0 Å². The molecule has 3 unspecified atom stereocenters. The Hall–Kier alpha value is -0.120. The van der Waals surface area contributed by atoms with Crippen molar-refractivity contribution in [1.29, 1.82) is 0 Å². The van der Waals surface area contributed by atoms with E-state index in [1.54, 1.807) is 0 Å². The first-order valence-electron chi connectivity index (χ1n) is 8.88. The van der Waals surface area contributed by atoms with Gasteiger partial charge in [-0.1, -0.05) is 27.7 Å². The van der Waals surface area contributed by atoms with Gasteiger partial charge < -0.3 is 15.2 Å². The minimum Gasteiger partial charge on any atom is -0.394 e. The summed E-state index contributed by atoms with van der Waals surface area (Å²) in [5.41, 5.74) is 0.196. The van der Waals surface area contributed by atoms with Crippen LogP contribution in [0.1, 0.15) is 66.2 Å². The highest BCUT2D eigenvalue weighted by Gasteiger charge is 2.45. The molecular weight excluding hydrogens is 262 g/mol. The summed E-state index contributed by atoms with van der Waals surface area (Å²) in [6.45, 7) is 11.1. The lowest BCUT2D eigenvalue weighted by Gasteiger charge is -2.41. The van der Waals surface area contributed by atoms with Crippen LogP contribution in [0.25, 0.3) is 0 Å². The van der Waals surface area contributed by atoms with Gasteiger partial charge in [0.05, 0.1) is 24.9 Å². The summed E-state index contributed by atoms with van der Waals surface area (Å²) < 4.78 is 6.32. The molecule has 0 aliphatic heterocycles. The molecule has 2 aliphatic carbocycles. The van der Waals surface area contributed by atoms with E-state index in [0.717, 1.165) is 25.3 Å². The quantitative estimate of drug-likeness (QED) is 0.722. The summed E-state index contributed by atoms with van der Waals surface area (Å²) in [4.78, 5) is 0. The number of hydrogen-bond donors (Lipinski definition) is 2. The molecular formula is C18H35NO2. The maximum atomic E-state index is 9.96. The van der Waals surface area contributed by atoms with E-state index >= 15 is 0 Å². The molecule has 0 amide bonds. The fourth-order valence-corrected chi connectivity index (χ4v) is 4.21. The van der Waals surface area contributed by atoms with E-state index in [0.29, 0.717) is 24.0 Å². The Balaban J connectivity index is 1.91. The molecule has 2 aliphatic rings. The van der Waals surface area contributed by atoms with Gasteiger partial charge in [0.2, 0.25) is 0 Å². The summed E-state index contributed by atoms with van der Waals surface area (Å²) >= 11 is 0. The first kappa shape index (κ1) is 17.2. The molecule has 0 bridgehead atoms. The zero-order valence-corrected chi connectivity index (χ0v) is 14.5. The average Bonchev–Trinajstić information content (AvgIpc) is 3.22. The van der Waals surface area contributed by atoms with Crippen LogP contribution < -0.4 is 5.32 Å². The highest BCUT2D eigenvalue weighted by molar-refractivity contribution is 5.01. The van der Waals surface area contributed by atoms with E-state index in [1.807, 2.05) is 0 Å². The third-order valence-electron chi connectivity index (χ3n) is 5.29. The summed E-state index contributed by atoms with van der Waals surface area (Å²) in [6.07, 6.45) is 7.54. The second-order valence-electron chi connectivity index (χ2n) is 8.36. The minimum absolute atomic E-state index is 0.194. The van der Waals surface area contributed by atoms with Crippen molar-refractivity contribution in [1.82, 2.24) is 5.32 Å². The predicted octanol–water partition coefficient (Wildman–Crippen LogP) is 3.36. The van der Waals surface area contributed by atoms with E-state index < -0.39 is 0 Å². The van der Waals surface area contributed by atoms with Gasteiger partial charge in [-0.3, -0.25) is 0 Å². The molecule has 3 atom stereocenters. The van der Waals surface area contributed by atoms with E-state index in [-0.39, 0.29) is 12.1 Å². The number of aliphatic hydroxyl groups excluding tert-OH is 1. The molecule has 0 aromatic rings. The van der Waals surface area contributed by atoms with Gasteiger partial charge in [-0.25, -0.2) is 0 Å². The topological polar surface area (TPSA) is 41.5 Å². The van der Waals surface area contributed by atoms with Crippen LogP contribution in [-0.4, -0.2) is 36.5 Å². The lowest BCUT2D eigenvalue weighted by atomic mass is 9.71. The molecule has 2 fully saturated rings. The van der Waals surface area contributed by atoms with Gasteiger partial charge in [0.25, 0.3) is 0 Å². The fourth-order valence-electron chi connectivity index (χ4n) is 4.21. The molecule has 124 valence electrons. The summed E-state index contributed by atoms with van der Waals surface area (Å²) in [6, 6.07) is 0. The largest absolute Gasteiger partial charge is 0.394 e. The predicted molar refractivity (Wildman–Crippen MR) is 87.4 cm³/mol. The van der Waals surface area contributed by atoms with Gasteiger partial charge in [0.1, 0.15) is 0 Å². The number of ether oxygens (including phenoxy) is 1. The monoisotopic (exact) mass is 297 g/mol. The Morgan fingerprint density at radius 1 is 1.29 bits per heavy atom. The van der Waals surface area contributed by atoms with Crippen LogP contribution in [0.3, 0.4) is 0 Å². The maximum absolute atomic E-state index is 9.96. The molecule has 0 radical (unpaired) electrons. The number of hydrogen-bond acceptors (Lipinski definition) is 3. The molecule has 2 N–H and O–H groups in total. The molecule has 0 heterocycles. The first-order chi connectivity index (χ1) is 9.91. The van der Waals surface area contributed by atoms with Gasteiger partial charge in [-0.2, -0.15) is 0 Å². The van der Waals surface area contributed by atoms with Gasteiger partial charge in [-0.15, -0.1) is 0 Å². The highest BCUT2D eigenvalue weighted by atomic mass is 16.5. The molecule has 2 saturated carbocycles. The van der Waals surface area contributed by atoms with Crippen LogP contribution in [0.2, 0.25) is 0 Å². The van der Waals surface area contributed by atoms with Crippen molar-refractivity contribution >= 4 is 0 Å². The normalized spacial score (nSPS) is 31.9. The lowest BCUT2D eigenvalue weighted by Crippen LogP contribution is -2.55.